The molecule has 0 amide bonds. The van der Waals surface area contributed by atoms with Gasteiger partial charge >= 0.3 is 17.9 Å². The fraction of sp³-hybridized carbons (Fsp3) is 0.784. The van der Waals surface area contributed by atoms with E-state index in [0.29, 0.717) is 19.3 Å². The summed E-state index contributed by atoms with van der Waals surface area (Å²) in [5, 5.41) is 0. The monoisotopic (exact) mass is 799 g/mol. The first-order valence-corrected chi connectivity index (χ1v) is 24.1. The van der Waals surface area contributed by atoms with E-state index in [4.69, 9.17) is 14.2 Å². The molecule has 0 spiro atoms. The molecule has 0 radical (unpaired) electrons. The summed E-state index contributed by atoms with van der Waals surface area (Å²) in [6, 6.07) is 0. The first-order chi connectivity index (χ1) is 28.0. The van der Waals surface area contributed by atoms with Gasteiger partial charge in [0.15, 0.2) is 6.10 Å². The second-order valence-corrected chi connectivity index (χ2v) is 16.0. The van der Waals surface area contributed by atoms with Crippen LogP contribution in [0.15, 0.2) is 48.6 Å². The SMILES string of the molecule is CC/C=C\C/C=C\C/C=C\CCCCCC(=O)OC(COC(=O)CCCCCCC/C=C\CCCCCCC)COC(=O)CCCCCCCCCCCCCC. The van der Waals surface area contributed by atoms with Crippen LogP contribution in [0, 0.1) is 0 Å². The lowest BCUT2D eigenvalue weighted by Gasteiger charge is -2.18. The topological polar surface area (TPSA) is 78.9 Å². The van der Waals surface area contributed by atoms with Crippen molar-refractivity contribution < 1.29 is 28.6 Å². The highest BCUT2D eigenvalue weighted by molar-refractivity contribution is 5.71. The van der Waals surface area contributed by atoms with Crippen molar-refractivity contribution in [3.05, 3.63) is 48.6 Å². The van der Waals surface area contributed by atoms with Gasteiger partial charge in [-0.2, -0.15) is 0 Å². The van der Waals surface area contributed by atoms with Gasteiger partial charge in [0.1, 0.15) is 13.2 Å². The van der Waals surface area contributed by atoms with Crippen molar-refractivity contribution in [3.63, 3.8) is 0 Å². The van der Waals surface area contributed by atoms with Gasteiger partial charge in [-0.15, -0.1) is 0 Å². The molecule has 0 aliphatic rings. The molecule has 1 unspecified atom stereocenters. The molecular formula is C51H90O6. The third-order valence-corrected chi connectivity index (χ3v) is 10.3. The zero-order valence-electron chi connectivity index (χ0n) is 37.6. The fourth-order valence-corrected chi connectivity index (χ4v) is 6.69. The van der Waals surface area contributed by atoms with E-state index in [9.17, 15) is 14.4 Å². The second kappa shape index (κ2) is 46.1. The molecule has 0 heterocycles. The highest BCUT2D eigenvalue weighted by atomic mass is 16.6. The van der Waals surface area contributed by atoms with Crippen molar-refractivity contribution in [1.29, 1.82) is 0 Å². The molecule has 0 bridgehead atoms. The number of hydrogen-bond acceptors (Lipinski definition) is 6. The number of carbonyl (C=O) groups excluding carboxylic acids is 3. The third kappa shape index (κ3) is 44.3. The molecule has 0 aromatic heterocycles. The summed E-state index contributed by atoms with van der Waals surface area (Å²) in [6.45, 7) is 6.48. The second-order valence-electron chi connectivity index (χ2n) is 16.0. The van der Waals surface area contributed by atoms with Gasteiger partial charge < -0.3 is 14.2 Å². The predicted molar refractivity (Wildman–Crippen MR) is 242 cm³/mol. The van der Waals surface area contributed by atoms with Crippen LogP contribution in [-0.4, -0.2) is 37.2 Å². The molecule has 6 heteroatoms. The minimum atomic E-state index is -0.787. The van der Waals surface area contributed by atoms with Gasteiger partial charge in [-0.25, -0.2) is 0 Å². The molecule has 0 aromatic carbocycles. The summed E-state index contributed by atoms with van der Waals surface area (Å²) in [5.74, 6) is -0.922. The maximum atomic E-state index is 12.7. The van der Waals surface area contributed by atoms with Gasteiger partial charge in [0.05, 0.1) is 0 Å². The molecule has 0 rings (SSSR count). The Hall–Kier alpha value is -2.63. The number of carbonyl (C=O) groups is 3. The summed E-state index contributed by atoms with van der Waals surface area (Å²) in [6.07, 6.45) is 53.8. The zero-order chi connectivity index (χ0) is 41.5. The number of ether oxygens (including phenoxy) is 3. The first kappa shape index (κ1) is 54.4. The molecule has 57 heavy (non-hydrogen) atoms. The first-order valence-electron chi connectivity index (χ1n) is 24.1. The lowest BCUT2D eigenvalue weighted by atomic mass is 10.0. The fourth-order valence-electron chi connectivity index (χ4n) is 6.69. The molecule has 0 N–H and O–H groups in total. The highest BCUT2D eigenvalue weighted by Gasteiger charge is 2.19. The molecular weight excluding hydrogens is 709 g/mol. The standard InChI is InChI=1S/C51H90O6/c1-4-7-10-13-16-19-22-25-27-29-32-35-38-41-44-50(53)56-47-48(46-55-49(52)43-40-37-34-31-28-24-21-18-15-12-9-6-3)57-51(54)45-42-39-36-33-30-26-23-20-17-14-11-8-5-2/h8,11,17,20,22,25-26,30,48H,4-7,9-10,12-16,18-19,21,23-24,27-29,31-47H2,1-3H3/b11-8-,20-17-,25-22-,30-26-. The van der Waals surface area contributed by atoms with Crippen molar-refractivity contribution in [1.82, 2.24) is 0 Å². The number of unbranched alkanes of at least 4 members (excludes halogenated alkanes) is 24. The van der Waals surface area contributed by atoms with E-state index in [2.05, 4.69) is 69.4 Å². The lowest BCUT2D eigenvalue weighted by Crippen LogP contribution is -2.30. The Morgan fingerprint density at radius 3 is 1.11 bits per heavy atom. The largest absolute Gasteiger partial charge is 0.462 e. The Labute approximate surface area is 352 Å². The van der Waals surface area contributed by atoms with Gasteiger partial charge in [-0.05, 0) is 77.0 Å². The van der Waals surface area contributed by atoms with Gasteiger partial charge in [0, 0.05) is 19.3 Å². The van der Waals surface area contributed by atoms with Crippen LogP contribution in [-0.2, 0) is 28.6 Å². The summed E-state index contributed by atoms with van der Waals surface area (Å²) in [4.78, 5) is 37.8. The molecule has 1 atom stereocenters. The minimum absolute atomic E-state index is 0.0858. The summed E-state index contributed by atoms with van der Waals surface area (Å²) in [7, 11) is 0. The van der Waals surface area contributed by atoms with Crippen molar-refractivity contribution in [2.75, 3.05) is 13.2 Å². The van der Waals surface area contributed by atoms with Crippen molar-refractivity contribution in [2.45, 2.75) is 245 Å². The molecule has 0 aliphatic carbocycles. The van der Waals surface area contributed by atoms with Crippen LogP contribution < -0.4 is 0 Å². The number of allylic oxidation sites excluding steroid dienone is 8. The van der Waals surface area contributed by atoms with Gasteiger partial charge in [0.25, 0.3) is 0 Å². The van der Waals surface area contributed by atoms with Crippen LogP contribution in [0.2, 0.25) is 0 Å². The van der Waals surface area contributed by atoms with Crippen LogP contribution in [0.5, 0.6) is 0 Å². The van der Waals surface area contributed by atoms with E-state index in [1.165, 1.54) is 109 Å². The summed E-state index contributed by atoms with van der Waals surface area (Å²) in [5.41, 5.74) is 0. The van der Waals surface area contributed by atoms with E-state index in [1.54, 1.807) is 0 Å². The van der Waals surface area contributed by atoms with E-state index in [1.807, 2.05) is 0 Å². The summed E-state index contributed by atoms with van der Waals surface area (Å²) >= 11 is 0. The van der Waals surface area contributed by atoms with Crippen LogP contribution in [0.3, 0.4) is 0 Å². The van der Waals surface area contributed by atoms with Crippen LogP contribution in [0.25, 0.3) is 0 Å². The Balaban J connectivity index is 4.42. The molecule has 0 saturated heterocycles. The maximum Gasteiger partial charge on any atom is 0.306 e. The molecule has 0 aliphatic heterocycles. The number of rotatable bonds is 43. The van der Waals surface area contributed by atoms with Gasteiger partial charge in [-0.3, -0.25) is 14.4 Å². The van der Waals surface area contributed by atoms with Gasteiger partial charge in [-0.1, -0.05) is 191 Å². The van der Waals surface area contributed by atoms with Crippen molar-refractivity contribution in [3.8, 4) is 0 Å². The van der Waals surface area contributed by atoms with Crippen molar-refractivity contribution >= 4 is 17.9 Å². The third-order valence-electron chi connectivity index (χ3n) is 10.3. The number of esters is 3. The highest BCUT2D eigenvalue weighted by Crippen LogP contribution is 2.14. The van der Waals surface area contributed by atoms with Crippen LogP contribution >= 0.6 is 0 Å². The average molecular weight is 799 g/mol. The predicted octanol–water partition coefficient (Wildman–Crippen LogP) is 15.5. The maximum absolute atomic E-state index is 12.7. The van der Waals surface area contributed by atoms with Crippen molar-refractivity contribution in [2.24, 2.45) is 0 Å². The number of hydrogen-bond donors (Lipinski definition) is 0. The Morgan fingerprint density at radius 2 is 0.684 bits per heavy atom. The van der Waals surface area contributed by atoms with E-state index in [-0.39, 0.29) is 31.1 Å². The van der Waals surface area contributed by atoms with E-state index >= 15 is 0 Å². The van der Waals surface area contributed by atoms with E-state index in [0.717, 1.165) is 89.9 Å². The minimum Gasteiger partial charge on any atom is -0.462 e. The van der Waals surface area contributed by atoms with E-state index < -0.39 is 6.10 Å². The zero-order valence-corrected chi connectivity index (χ0v) is 37.6. The average Bonchev–Trinajstić information content (AvgIpc) is 3.21. The van der Waals surface area contributed by atoms with Crippen LogP contribution in [0.4, 0.5) is 0 Å². The molecule has 0 saturated carbocycles. The van der Waals surface area contributed by atoms with Crippen LogP contribution in [0.1, 0.15) is 239 Å². The Morgan fingerprint density at radius 1 is 0.368 bits per heavy atom. The van der Waals surface area contributed by atoms with Gasteiger partial charge in [0.2, 0.25) is 0 Å². The Bertz CT molecular complexity index is 1010. The lowest BCUT2D eigenvalue weighted by molar-refractivity contribution is -0.167. The Kier molecular flexibility index (Phi) is 43.9. The smallest absolute Gasteiger partial charge is 0.306 e. The quantitative estimate of drug-likeness (QED) is 0.0265. The molecule has 6 nitrogen and oxygen atoms in total. The molecule has 0 aromatic rings. The summed E-state index contributed by atoms with van der Waals surface area (Å²) < 4.78 is 16.7. The molecule has 0 fully saturated rings. The molecule has 330 valence electrons. The normalized spacial score (nSPS) is 12.4.